The fourth-order valence-corrected chi connectivity index (χ4v) is 3.77. The molecule has 1 saturated carbocycles. The lowest BCUT2D eigenvalue weighted by molar-refractivity contribution is -0.138. The number of aromatic nitrogens is 2. The topological polar surface area (TPSA) is 72.3 Å². The highest BCUT2D eigenvalue weighted by atomic mass is 35.5. The Kier molecular flexibility index (Phi) is 5.39. The molecule has 1 aromatic heterocycles. The van der Waals surface area contributed by atoms with Crippen LogP contribution in [-0.2, 0) is 11.4 Å². The number of hydrogen-bond acceptors (Lipinski definition) is 4. The number of carbonyl (C=O) groups is 1. The number of carboxylic acid groups (broad SMARTS) is 1. The molecule has 2 atom stereocenters. The number of benzene rings is 2. The molecule has 1 heterocycles. The van der Waals surface area contributed by atoms with Crippen LogP contribution in [0.5, 0.6) is 5.88 Å². The Bertz CT molecular complexity index is 1060. The first-order valence-electron chi connectivity index (χ1n) is 8.84. The summed E-state index contributed by atoms with van der Waals surface area (Å²) in [5, 5.41) is 9.93. The fourth-order valence-electron chi connectivity index (χ4n) is 3.15. The molecule has 29 heavy (non-hydrogen) atoms. The first kappa shape index (κ1) is 19.6. The lowest BCUT2D eigenvalue weighted by Gasteiger charge is -2.11. The van der Waals surface area contributed by atoms with Gasteiger partial charge < -0.3 is 9.84 Å². The predicted molar refractivity (Wildman–Crippen MR) is 107 cm³/mol. The Morgan fingerprint density at radius 2 is 1.93 bits per heavy atom. The summed E-state index contributed by atoms with van der Waals surface area (Å²) in [6.07, 6.45) is 3.48. The molecule has 0 spiro atoms. The Hall–Kier alpha value is -2.70. The molecule has 0 amide bonds. The van der Waals surface area contributed by atoms with E-state index in [1.165, 1.54) is 18.5 Å². The first-order chi connectivity index (χ1) is 13.9. The smallest absolute Gasteiger partial charge is 0.307 e. The van der Waals surface area contributed by atoms with Crippen LogP contribution < -0.4 is 4.74 Å². The molecular weight excluding hydrogens is 418 g/mol. The van der Waals surface area contributed by atoms with Crippen molar-refractivity contribution in [2.75, 3.05) is 0 Å². The van der Waals surface area contributed by atoms with Crippen LogP contribution in [-0.4, -0.2) is 21.0 Å². The van der Waals surface area contributed by atoms with Crippen molar-refractivity contribution >= 4 is 29.2 Å². The number of ether oxygens (including phenoxy) is 1. The molecule has 2 aromatic carbocycles. The maximum absolute atomic E-state index is 14.2. The van der Waals surface area contributed by atoms with Crippen molar-refractivity contribution in [3.63, 3.8) is 0 Å². The molecule has 1 fully saturated rings. The molecule has 1 N–H and O–H groups in total. The van der Waals surface area contributed by atoms with Gasteiger partial charge in [-0.1, -0.05) is 35.3 Å². The zero-order valence-electron chi connectivity index (χ0n) is 15.0. The average molecular weight is 433 g/mol. The van der Waals surface area contributed by atoms with Crippen molar-refractivity contribution in [1.82, 2.24) is 9.97 Å². The lowest BCUT2D eigenvalue weighted by Crippen LogP contribution is -2.03. The molecule has 0 aliphatic heterocycles. The third kappa shape index (κ3) is 4.18. The van der Waals surface area contributed by atoms with Crippen LogP contribution in [0.4, 0.5) is 4.39 Å². The van der Waals surface area contributed by atoms with E-state index in [4.69, 9.17) is 33.0 Å². The number of hydrogen-bond donors (Lipinski definition) is 1. The molecule has 1 aliphatic rings. The van der Waals surface area contributed by atoms with Crippen LogP contribution in [0.15, 0.2) is 48.8 Å². The number of halogens is 3. The molecule has 0 bridgehead atoms. The van der Waals surface area contributed by atoms with E-state index >= 15 is 0 Å². The molecule has 0 saturated heterocycles. The SMILES string of the molecule is O=C(O)[C@@H]1C[C@H]1c1cnc(OCc2cc(-c3c(Cl)cccc3Cl)ccc2F)cn1. The predicted octanol–water partition coefficient (Wildman–Crippen LogP) is 5.36. The molecule has 3 aromatic rings. The Balaban J connectivity index is 1.48. The number of nitrogens with zero attached hydrogens (tertiary/aromatic N) is 2. The second kappa shape index (κ2) is 7.97. The third-order valence-electron chi connectivity index (χ3n) is 4.81. The highest BCUT2D eigenvalue weighted by molar-refractivity contribution is 6.39. The van der Waals surface area contributed by atoms with E-state index in [0.717, 1.165) is 0 Å². The minimum atomic E-state index is -0.828. The number of rotatable bonds is 6. The quantitative estimate of drug-likeness (QED) is 0.567. The van der Waals surface area contributed by atoms with Crippen LogP contribution in [0.3, 0.4) is 0 Å². The summed E-state index contributed by atoms with van der Waals surface area (Å²) in [5.41, 5.74) is 2.23. The van der Waals surface area contributed by atoms with E-state index in [9.17, 15) is 9.18 Å². The molecular formula is C21H15Cl2FN2O3. The second-order valence-electron chi connectivity index (χ2n) is 6.76. The van der Waals surface area contributed by atoms with Gasteiger partial charge in [0.15, 0.2) is 0 Å². The van der Waals surface area contributed by atoms with E-state index in [0.29, 0.717) is 38.9 Å². The highest BCUT2D eigenvalue weighted by Gasteiger charge is 2.45. The zero-order valence-corrected chi connectivity index (χ0v) is 16.5. The van der Waals surface area contributed by atoms with Gasteiger partial charge in [-0.25, -0.2) is 9.37 Å². The van der Waals surface area contributed by atoms with E-state index in [1.807, 2.05) is 0 Å². The van der Waals surface area contributed by atoms with Gasteiger partial charge in [-0.15, -0.1) is 0 Å². The largest absolute Gasteiger partial charge is 0.481 e. The molecule has 8 heteroatoms. The molecule has 148 valence electrons. The summed E-state index contributed by atoms with van der Waals surface area (Å²) in [4.78, 5) is 19.3. The molecule has 0 unspecified atom stereocenters. The van der Waals surface area contributed by atoms with Gasteiger partial charge in [0.2, 0.25) is 5.88 Å². The van der Waals surface area contributed by atoms with Crippen LogP contribution in [0.25, 0.3) is 11.1 Å². The standard InChI is InChI=1S/C21H15Cl2FN2O3/c22-15-2-1-3-16(23)20(15)11-4-5-17(24)12(6-11)10-29-19-9-25-18(8-26-19)13-7-14(13)21(27)28/h1-6,8-9,13-14H,7,10H2,(H,27,28)/t13-,14-/m1/s1. The van der Waals surface area contributed by atoms with Crippen LogP contribution in [0.2, 0.25) is 10.0 Å². The normalized spacial score (nSPS) is 17.8. The van der Waals surface area contributed by atoms with Crippen molar-refractivity contribution in [2.24, 2.45) is 5.92 Å². The van der Waals surface area contributed by atoms with E-state index in [2.05, 4.69) is 9.97 Å². The van der Waals surface area contributed by atoms with E-state index < -0.39 is 17.7 Å². The van der Waals surface area contributed by atoms with Gasteiger partial charge in [-0.3, -0.25) is 9.78 Å². The van der Waals surface area contributed by atoms with Gasteiger partial charge in [0.1, 0.15) is 12.4 Å². The summed E-state index contributed by atoms with van der Waals surface area (Å²) in [5.74, 6) is -1.54. The highest BCUT2D eigenvalue weighted by Crippen LogP contribution is 2.46. The van der Waals surface area contributed by atoms with Gasteiger partial charge in [-0.05, 0) is 36.2 Å². The van der Waals surface area contributed by atoms with Gasteiger partial charge in [-0.2, -0.15) is 0 Å². The first-order valence-corrected chi connectivity index (χ1v) is 9.60. The molecule has 1 aliphatic carbocycles. The van der Waals surface area contributed by atoms with Crippen molar-refractivity contribution < 1.29 is 19.0 Å². The Morgan fingerprint density at radius 1 is 1.17 bits per heavy atom. The maximum Gasteiger partial charge on any atom is 0.307 e. The molecule has 0 radical (unpaired) electrons. The molecule has 4 rings (SSSR count). The van der Waals surface area contributed by atoms with Gasteiger partial charge >= 0.3 is 5.97 Å². The zero-order chi connectivity index (χ0) is 20.5. The maximum atomic E-state index is 14.2. The Morgan fingerprint density at radius 3 is 2.55 bits per heavy atom. The minimum Gasteiger partial charge on any atom is -0.481 e. The van der Waals surface area contributed by atoms with Gasteiger partial charge in [0.05, 0.1) is 24.0 Å². The van der Waals surface area contributed by atoms with Crippen molar-refractivity contribution in [2.45, 2.75) is 18.9 Å². The van der Waals surface area contributed by atoms with Crippen molar-refractivity contribution in [3.05, 3.63) is 75.9 Å². The minimum absolute atomic E-state index is 0.0586. The fraction of sp³-hybridized carbons (Fsp3) is 0.190. The monoisotopic (exact) mass is 432 g/mol. The second-order valence-corrected chi connectivity index (χ2v) is 7.57. The summed E-state index contributed by atoms with van der Waals surface area (Å²) < 4.78 is 19.8. The summed E-state index contributed by atoms with van der Waals surface area (Å²) >= 11 is 12.5. The molecule has 5 nitrogen and oxygen atoms in total. The third-order valence-corrected chi connectivity index (χ3v) is 5.44. The Labute approximate surface area is 176 Å². The van der Waals surface area contributed by atoms with Crippen molar-refractivity contribution in [3.8, 4) is 17.0 Å². The van der Waals surface area contributed by atoms with Gasteiger partial charge in [0, 0.05) is 27.1 Å². The summed E-state index contributed by atoms with van der Waals surface area (Å²) in [6, 6.07) is 9.75. The van der Waals surface area contributed by atoms with E-state index in [-0.39, 0.29) is 18.4 Å². The van der Waals surface area contributed by atoms with Crippen LogP contribution in [0.1, 0.15) is 23.6 Å². The summed E-state index contributed by atoms with van der Waals surface area (Å²) in [7, 11) is 0. The average Bonchev–Trinajstić information content (AvgIpc) is 3.50. The number of aliphatic carboxylic acids is 1. The van der Waals surface area contributed by atoms with Gasteiger partial charge in [0.25, 0.3) is 0 Å². The summed E-state index contributed by atoms with van der Waals surface area (Å²) in [6.45, 7) is -0.0586. The van der Waals surface area contributed by atoms with Crippen molar-refractivity contribution in [1.29, 1.82) is 0 Å². The van der Waals surface area contributed by atoms with Crippen LogP contribution in [0, 0.1) is 11.7 Å². The lowest BCUT2D eigenvalue weighted by atomic mass is 10.0. The van der Waals surface area contributed by atoms with Crippen LogP contribution >= 0.6 is 23.2 Å². The number of carboxylic acids is 1. The van der Waals surface area contributed by atoms with E-state index in [1.54, 1.807) is 30.3 Å².